The highest BCUT2D eigenvalue weighted by Crippen LogP contribution is 2.18. The Hall–Kier alpha value is -1.50. The van der Waals surface area contributed by atoms with Gasteiger partial charge in [0.05, 0.1) is 6.04 Å². The number of hydrogen-bond acceptors (Lipinski definition) is 5. The fraction of sp³-hybridized carbons (Fsp3) is 0.417. The average molecular weight is 281 g/mol. The van der Waals surface area contributed by atoms with Crippen LogP contribution in [0.2, 0.25) is 5.15 Å². The largest absolute Gasteiger partial charge is 0.271 e. The summed E-state index contributed by atoms with van der Waals surface area (Å²) in [6.45, 7) is 2.95. The molecule has 0 aliphatic rings. The molecule has 1 unspecified atom stereocenters. The van der Waals surface area contributed by atoms with E-state index in [1.807, 2.05) is 10.7 Å². The van der Waals surface area contributed by atoms with Crippen LogP contribution >= 0.6 is 11.6 Å². The lowest BCUT2D eigenvalue weighted by Crippen LogP contribution is -2.30. The fourth-order valence-electron chi connectivity index (χ4n) is 1.93. The highest BCUT2D eigenvalue weighted by molar-refractivity contribution is 6.29. The van der Waals surface area contributed by atoms with Gasteiger partial charge in [0, 0.05) is 19.2 Å². The highest BCUT2D eigenvalue weighted by atomic mass is 35.5. The molecule has 3 N–H and O–H groups in total. The van der Waals surface area contributed by atoms with Gasteiger partial charge in [0.15, 0.2) is 0 Å². The van der Waals surface area contributed by atoms with Crippen molar-refractivity contribution >= 4 is 11.6 Å². The second kappa shape index (κ2) is 6.60. The number of rotatable bonds is 6. The first-order chi connectivity index (χ1) is 9.24. The third kappa shape index (κ3) is 3.50. The summed E-state index contributed by atoms with van der Waals surface area (Å²) in [4.78, 5) is 8.24. The highest BCUT2D eigenvalue weighted by Gasteiger charge is 2.15. The van der Waals surface area contributed by atoms with Gasteiger partial charge in [-0.1, -0.05) is 18.5 Å². The van der Waals surface area contributed by atoms with Crippen LogP contribution in [0.1, 0.15) is 30.8 Å². The molecular formula is C12H17ClN6. The number of pyridine rings is 1. The predicted octanol–water partition coefficient (Wildman–Crippen LogP) is 1.48. The van der Waals surface area contributed by atoms with Crippen molar-refractivity contribution in [2.24, 2.45) is 5.84 Å². The summed E-state index contributed by atoms with van der Waals surface area (Å²) >= 11 is 5.90. The Morgan fingerprint density at radius 2 is 2.32 bits per heavy atom. The van der Waals surface area contributed by atoms with E-state index < -0.39 is 0 Å². The molecule has 2 heterocycles. The quantitative estimate of drug-likeness (QED) is 0.476. The van der Waals surface area contributed by atoms with E-state index in [-0.39, 0.29) is 6.04 Å². The molecule has 0 saturated heterocycles. The third-order valence-electron chi connectivity index (χ3n) is 2.87. The molecule has 0 saturated carbocycles. The Bertz CT molecular complexity index is 526. The Balaban J connectivity index is 2.17. The van der Waals surface area contributed by atoms with Gasteiger partial charge in [-0.05, 0) is 24.1 Å². The molecule has 0 aromatic carbocycles. The standard InChI is InChI=1S/C12H17ClN6/c1-2-5-19-12(16-8-17-19)7-10(18-14)9-3-4-15-11(13)6-9/h3-4,6,8,10,18H,2,5,7,14H2,1H3. The van der Waals surface area contributed by atoms with Crippen molar-refractivity contribution in [3.05, 3.63) is 41.2 Å². The maximum absolute atomic E-state index is 5.90. The van der Waals surface area contributed by atoms with Crippen molar-refractivity contribution in [2.45, 2.75) is 32.4 Å². The van der Waals surface area contributed by atoms with E-state index in [1.54, 1.807) is 18.6 Å². The van der Waals surface area contributed by atoms with Crippen LogP contribution < -0.4 is 11.3 Å². The van der Waals surface area contributed by atoms with Crippen molar-refractivity contribution in [3.8, 4) is 0 Å². The van der Waals surface area contributed by atoms with Gasteiger partial charge in [-0.2, -0.15) is 5.10 Å². The van der Waals surface area contributed by atoms with Gasteiger partial charge >= 0.3 is 0 Å². The zero-order valence-electron chi connectivity index (χ0n) is 10.8. The lowest BCUT2D eigenvalue weighted by atomic mass is 10.1. The van der Waals surface area contributed by atoms with Crippen LogP contribution in [0, 0.1) is 0 Å². The molecule has 19 heavy (non-hydrogen) atoms. The molecule has 1 atom stereocenters. The number of nitrogens with one attached hydrogen (secondary N) is 1. The van der Waals surface area contributed by atoms with Gasteiger partial charge in [-0.15, -0.1) is 0 Å². The summed E-state index contributed by atoms with van der Waals surface area (Å²) in [5.74, 6) is 6.53. The molecule has 2 rings (SSSR count). The Morgan fingerprint density at radius 3 is 3.00 bits per heavy atom. The lowest BCUT2D eigenvalue weighted by molar-refractivity contribution is 0.499. The molecule has 7 heteroatoms. The second-order valence-electron chi connectivity index (χ2n) is 4.23. The number of aromatic nitrogens is 4. The first kappa shape index (κ1) is 13.9. The van der Waals surface area contributed by atoms with Gasteiger partial charge in [0.1, 0.15) is 17.3 Å². The van der Waals surface area contributed by atoms with Crippen LogP contribution in [0.3, 0.4) is 0 Å². The molecule has 0 radical (unpaired) electrons. The summed E-state index contributed by atoms with van der Waals surface area (Å²) < 4.78 is 1.90. The van der Waals surface area contributed by atoms with Crippen molar-refractivity contribution < 1.29 is 0 Å². The minimum atomic E-state index is -0.0692. The Labute approximate surface area is 117 Å². The molecule has 0 aliphatic carbocycles. The SMILES string of the molecule is CCCn1ncnc1CC(NN)c1ccnc(Cl)c1. The van der Waals surface area contributed by atoms with E-state index in [0.717, 1.165) is 24.4 Å². The van der Waals surface area contributed by atoms with Crippen molar-refractivity contribution in [3.63, 3.8) is 0 Å². The van der Waals surface area contributed by atoms with Crippen LogP contribution in [0.4, 0.5) is 0 Å². The monoisotopic (exact) mass is 280 g/mol. The van der Waals surface area contributed by atoms with E-state index in [1.165, 1.54) is 0 Å². The summed E-state index contributed by atoms with van der Waals surface area (Å²) in [6.07, 6.45) is 4.89. The van der Waals surface area contributed by atoms with Gasteiger partial charge in [-0.25, -0.2) is 9.97 Å². The van der Waals surface area contributed by atoms with Crippen molar-refractivity contribution in [1.82, 2.24) is 25.2 Å². The predicted molar refractivity (Wildman–Crippen MR) is 73.3 cm³/mol. The minimum Gasteiger partial charge on any atom is -0.271 e. The maximum atomic E-state index is 5.90. The van der Waals surface area contributed by atoms with E-state index in [0.29, 0.717) is 11.6 Å². The average Bonchev–Trinajstić information content (AvgIpc) is 2.84. The van der Waals surface area contributed by atoms with Crippen LogP contribution in [-0.4, -0.2) is 19.7 Å². The molecule has 0 fully saturated rings. The molecule has 0 aliphatic heterocycles. The molecule has 0 bridgehead atoms. The number of nitrogens with zero attached hydrogens (tertiary/aromatic N) is 4. The van der Waals surface area contributed by atoms with Crippen LogP contribution in [0.25, 0.3) is 0 Å². The Morgan fingerprint density at radius 1 is 1.47 bits per heavy atom. The second-order valence-corrected chi connectivity index (χ2v) is 4.62. The number of hydrogen-bond donors (Lipinski definition) is 2. The summed E-state index contributed by atoms with van der Waals surface area (Å²) in [5.41, 5.74) is 3.77. The molecule has 2 aromatic rings. The van der Waals surface area contributed by atoms with Crippen LogP contribution in [0.15, 0.2) is 24.7 Å². The number of nitrogens with two attached hydrogens (primary N) is 1. The minimum absolute atomic E-state index is 0.0692. The van der Waals surface area contributed by atoms with E-state index in [2.05, 4.69) is 27.4 Å². The van der Waals surface area contributed by atoms with Crippen LogP contribution in [-0.2, 0) is 13.0 Å². The first-order valence-corrected chi connectivity index (χ1v) is 6.56. The van der Waals surface area contributed by atoms with Gasteiger partial charge in [-0.3, -0.25) is 16.0 Å². The van der Waals surface area contributed by atoms with Crippen LogP contribution in [0.5, 0.6) is 0 Å². The van der Waals surface area contributed by atoms with E-state index >= 15 is 0 Å². The topological polar surface area (TPSA) is 81.7 Å². The first-order valence-electron chi connectivity index (χ1n) is 6.18. The number of hydrazine groups is 1. The summed E-state index contributed by atoms with van der Waals surface area (Å²) in [6, 6.07) is 3.61. The summed E-state index contributed by atoms with van der Waals surface area (Å²) in [5, 5.41) is 4.65. The summed E-state index contributed by atoms with van der Waals surface area (Å²) in [7, 11) is 0. The normalized spacial score (nSPS) is 12.6. The molecular weight excluding hydrogens is 264 g/mol. The van der Waals surface area contributed by atoms with Gasteiger partial charge < -0.3 is 0 Å². The fourth-order valence-corrected chi connectivity index (χ4v) is 2.12. The van der Waals surface area contributed by atoms with Crippen molar-refractivity contribution in [1.29, 1.82) is 0 Å². The Kier molecular flexibility index (Phi) is 4.84. The van der Waals surface area contributed by atoms with E-state index in [9.17, 15) is 0 Å². The molecule has 0 amide bonds. The smallest absolute Gasteiger partial charge is 0.138 e. The number of aryl methyl sites for hydroxylation is 1. The number of halogens is 1. The zero-order chi connectivity index (χ0) is 13.7. The van der Waals surface area contributed by atoms with Gasteiger partial charge in [0.25, 0.3) is 0 Å². The lowest BCUT2D eigenvalue weighted by Gasteiger charge is -2.16. The van der Waals surface area contributed by atoms with Crippen molar-refractivity contribution in [2.75, 3.05) is 0 Å². The van der Waals surface area contributed by atoms with E-state index in [4.69, 9.17) is 17.4 Å². The van der Waals surface area contributed by atoms with Gasteiger partial charge in [0.2, 0.25) is 0 Å². The molecule has 0 spiro atoms. The zero-order valence-corrected chi connectivity index (χ0v) is 11.5. The molecule has 2 aromatic heterocycles. The maximum Gasteiger partial charge on any atom is 0.138 e. The molecule has 102 valence electrons. The molecule has 6 nitrogen and oxygen atoms in total. The third-order valence-corrected chi connectivity index (χ3v) is 3.08.